The number of carbonyl (C=O) groups is 2. The Bertz CT molecular complexity index is 579. The molecule has 1 aliphatic carbocycles. The molecule has 1 heterocycles. The zero-order valence-electron chi connectivity index (χ0n) is 13.1. The number of anilines is 1. The molecule has 1 aliphatic heterocycles. The van der Waals surface area contributed by atoms with Crippen LogP contribution in [0, 0.1) is 11.7 Å². The van der Waals surface area contributed by atoms with Gasteiger partial charge in [0, 0.05) is 32.1 Å². The van der Waals surface area contributed by atoms with Crippen molar-refractivity contribution in [2.75, 3.05) is 31.1 Å². The fourth-order valence-electron chi connectivity index (χ4n) is 3.33. The van der Waals surface area contributed by atoms with E-state index < -0.39 is 0 Å². The Morgan fingerprint density at radius 1 is 1.04 bits per heavy atom. The predicted molar refractivity (Wildman–Crippen MR) is 85.7 cm³/mol. The summed E-state index contributed by atoms with van der Waals surface area (Å²) in [6, 6.07) is 6.33. The fourth-order valence-corrected chi connectivity index (χ4v) is 3.33. The lowest BCUT2D eigenvalue weighted by atomic mass is 10.1. The molecule has 1 aromatic rings. The SMILES string of the molecule is O=C(NC(=O)N1CCN(c2ccccc2F)CC1)C1CCCC1. The Balaban J connectivity index is 1.51. The summed E-state index contributed by atoms with van der Waals surface area (Å²) in [6.45, 7) is 2.09. The highest BCUT2D eigenvalue weighted by atomic mass is 19.1. The van der Waals surface area contributed by atoms with Gasteiger partial charge in [0.2, 0.25) is 5.91 Å². The molecule has 0 spiro atoms. The van der Waals surface area contributed by atoms with E-state index in [9.17, 15) is 14.0 Å². The lowest BCUT2D eigenvalue weighted by molar-refractivity contribution is -0.123. The van der Waals surface area contributed by atoms with Gasteiger partial charge in [-0.2, -0.15) is 0 Å². The first-order valence-corrected chi connectivity index (χ1v) is 8.24. The Kier molecular flexibility index (Phi) is 4.79. The van der Waals surface area contributed by atoms with Gasteiger partial charge in [0.25, 0.3) is 0 Å². The molecule has 0 radical (unpaired) electrons. The smallest absolute Gasteiger partial charge is 0.324 e. The zero-order chi connectivity index (χ0) is 16.2. The number of hydrogen-bond donors (Lipinski definition) is 1. The Labute approximate surface area is 135 Å². The van der Waals surface area contributed by atoms with Gasteiger partial charge in [-0.15, -0.1) is 0 Å². The Morgan fingerprint density at radius 3 is 2.35 bits per heavy atom. The maximum absolute atomic E-state index is 13.8. The number of halogens is 1. The first-order chi connectivity index (χ1) is 11.1. The van der Waals surface area contributed by atoms with E-state index in [0.717, 1.165) is 25.7 Å². The van der Waals surface area contributed by atoms with Gasteiger partial charge in [-0.25, -0.2) is 9.18 Å². The van der Waals surface area contributed by atoms with E-state index >= 15 is 0 Å². The summed E-state index contributed by atoms with van der Waals surface area (Å²) in [4.78, 5) is 27.7. The van der Waals surface area contributed by atoms with Crippen molar-refractivity contribution in [3.05, 3.63) is 30.1 Å². The highest BCUT2D eigenvalue weighted by Gasteiger charge is 2.27. The van der Waals surface area contributed by atoms with Crippen LogP contribution in [0.3, 0.4) is 0 Å². The summed E-state index contributed by atoms with van der Waals surface area (Å²) in [5, 5.41) is 2.51. The van der Waals surface area contributed by atoms with Crippen LogP contribution in [-0.4, -0.2) is 43.0 Å². The highest BCUT2D eigenvalue weighted by molar-refractivity contribution is 5.95. The second-order valence-corrected chi connectivity index (χ2v) is 6.20. The molecule has 6 heteroatoms. The minimum atomic E-state index is -0.324. The molecule has 0 atom stereocenters. The number of imide groups is 1. The maximum Gasteiger partial charge on any atom is 0.324 e. The average molecular weight is 319 g/mol. The fraction of sp³-hybridized carbons (Fsp3) is 0.529. The minimum absolute atomic E-state index is 0.0151. The maximum atomic E-state index is 13.8. The van der Waals surface area contributed by atoms with Crippen LogP contribution >= 0.6 is 0 Å². The van der Waals surface area contributed by atoms with Crippen molar-refractivity contribution < 1.29 is 14.0 Å². The molecular formula is C17H22FN3O2. The van der Waals surface area contributed by atoms with Gasteiger partial charge in [0.05, 0.1) is 5.69 Å². The average Bonchev–Trinajstić information content (AvgIpc) is 3.10. The zero-order valence-corrected chi connectivity index (χ0v) is 13.1. The van der Waals surface area contributed by atoms with Gasteiger partial charge in [0.1, 0.15) is 5.82 Å². The number of para-hydroxylation sites is 1. The van der Waals surface area contributed by atoms with E-state index in [0.29, 0.717) is 31.9 Å². The molecule has 3 amide bonds. The third-order valence-electron chi connectivity index (χ3n) is 4.72. The number of nitrogens with zero attached hydrogens (tertiary/aromatic N) is 2. The minimum Gasteiger partial charge on any atom is -0.366 e. The summed E-state index contributed by atoms with van der Waals surface area (Å²) >= 11 is 0. The third kappa shape index (κ3) is 3.63. The normalized spacial score (nSPS) is 19.0. The van der Waals surface area contributed by atoms with Crippen LogP contribution in [0.15, 0.2) is 24.3 Å². The largest absolute Gasteiger partial charge is 0.366 e. The molecule has 3 rings (SSSR count). The quantitative estimate of drug-likeness (QED) is 0.910. The van der Waals surface area contributed by atoms with Crippen LogP contribution in [0.4, 0.5) is 14.9 Å². The van der Waals surface area contributed by atoms with Crippen LogP contribution in [0.5, 0.6) is 0 Å². The number of amides is 3. The molecule has 124 valence electrons. The molecule has 1 aromatic carbocycles. The van der Waals surface area contributed by atoms with Crippen molar-refractivity contribution in [1.29, 1.82) is 0 Å². The Morgan fingerprint density at radius 2 is 1.70 bits per heavy atom. The van der Waals surface area contributed by atoms with Crippen molar-refractivity contribution in [3.63, 3.8) is 0 Å². The van der Waals surface area contributed by atoms with E-state index in [1.807, 2.05) is 4.90 Å². The Hall–Kier alpha value is -2.11. The van der Waals surface area contributed by atoms with Gasteiger partial charge < -0.3 is 9.80 Å². The summed E-state index contributed by atoms with van der Waals surface area (Å²) in [7, 11) is 0. The van der Waals surface area contributed by atoms with Gasteiger partial charge in [0.15, 0.2) is 0 Å². The van der Waals surface area contributed by atoms with Crippen molar-refractivity contribution >= 4 is 17.6 Å². The molecule has 23 heavy (non-hydrogen) atoms. The topological polar surface area (TPSA) is 52.7 Å². The predicted octanol–water partition coefficient (Wildman–Crippen LogP) is 2.37. The monoisotopic (exact) mass is 319 g/mol. The summed E-state index contributed by atoms with van der Waals surface area (Å²) in [6.07, 6.45) is 3.88. The van der Waals surface area contributed by atoms with Crippen LogP contribution in [0.1, 0.15) is 25.7 Å². The second kappa shape index (κ2) is 6.98. The number of nitrogens with one attached hydrogen (secondary N) is 1. The van der Waals surface area contributed by atoms with Crippen LogP contribution in [0.2, 0.25) is 0 Å². The molecule has 0 aromatic heterocycles. The highest BCUT2D eigenvalue weighted by Crippen LogP contribution is 2.25. The number of piperazine rings is 1. The van der Waals surface area contributed by atoms with Gasteiger partial charge in [-0.1, -0.05) is 25.0 Å². The third-order valence-corrected chi connectivity index (χ3v) is 4.72. The number of carbonyl (C=O) groups excluding carboxylic acids is 2. The number of urea groups is 1. The molecule has 0 bridgehead atoms. The molecule has 5 nitrogen and oxygen atoms in total. The van der Waals surface area contributed by atoms with E-state index in [4.69, 9.17) is 0 Å². The van der Waals surface area contributed by atoms with E-state index in [2.05, 4.69) is 5.32 Å². The number of benzene rings is 1. The first kappa shape index (κ1) is 15.8. The molecule has 0 unspecified atom stereocenters. The lowest BCUT2D eigenvalue weighted by Gasteiger charge is -2.36. The van der Waals surface area contributed by atoms with Crippen LogP contribution < -0.4 is 10.2 Å². The second-order valence-electron chi connectivity index (χ2n) is 6.20. The van der Waals surface area contributed by atoms with Crippen molar-refractivity contribution in [3.8, 4) is 0 Å². The molecular weight excluding hydrogens is 297 g/mol. The first-order valence-electron chi connectivity index (χ1n) is 8.24. The van der Waals surface area contributed by atoms with Crippen molar-refractivity contribution in [2.24, 2.45) is 5.92 Å². The summed E-state index contributed by atoms with van der Waals surface area (Å²) in [5.41, 5.74) is 0.564. The molecule has 1 saturated heterocycles. The van der Waals surface area contributed by atoms with Crippen molar-refractivity contribution in [2.45, 2.75) is 25.7 Å². The van der Waals surface area contributed by atoms with Crippen LogP contribution in [0.25, 0.3) is 0 Å². The molecule has 2 fully saturated rings. The van der Waals surface area contributed by atoms with E-state index in [1.54, 1.807) is 23.1 Å². The van der Waals surface area contributed by atoms with Gasteiger partial charge in [-0.05, 0) is 25.0 Å². The molecule has 2 aliphatic rings. The van der Waals surface area contributed by atoms with Gasteiger partial charge in [-0.3, -0.25) is 10.1 Å². The lowest BCUT2D eigenvalue weighted by Crippen LogP contribution is -2.53. The van der Waals surface area contributed by atoms with E-state index in [-0.39, 0.29) is 23.7 Å². The molecule has 1 saturated carbocycles. The number of hydrogen-bond acceptors (Lipinski definition) is 3. The van der Waals surface area contributed by atoms with E-state index in [1.165, 1.54) is 6.07 Å². The summed E-state index contributed by atoms with van der Waals surface area (Å²) < 4.78 is 13.8. The van der Waals surface area contributed by atoms with Crippen LogP contribution in [-0.2, 0) is 4.79 Å². The van der Waals surface area contributed by atoms with Gasteiger partial charge >= 0.3 is 6.03 Å². The standard InChI is InChI=1S/C17H22FN3O2/c18-14-7-3-4-8-15(14)20-9-11-21(12-10-20)17(23)19-16(22)13-5-1-2-6-13/h3-4,7-8,13H,1-2,5-6,9-12H2,(H,19,22,23). The summed E-state index contributed by atoms with van der Waals surface area (Å²) in [5.74, 6) is -0.413. The number of rotatable bonds is 2. The molecule has 1 N–H and O–H groups in total. The van der Waals surface area contributed by atoms with Crippen molar-refractivity contribution in [1.82, 2.24) is 10.2 Å².